The van der Waals surface area contributed by atoms with Gasteiger partial charge in [0.05, 0.1) is 26.8 Å². The molecule has 0 saturated heterocycles. The van der Waals surface area contributed by atoms with Crippen molar-refractivity contribution in [1.29, 1.82) is 0 Å². The van der Waals surface area contributed by atoms with E-state index in [1.54, 1.807) is 14.2 Å². The summed E-state index contributed by atoms with van der Waals surface area (Å²) < 4.78 is 10.4. The predicted molar refractivity (Wildman–Crippen MR) is 56.6 cm³/mol. The molecule has 0 bridgehead atoms. The van der Waals surface area contributed by atoms with Crippen LogP contribution in [-0.4, -0.2) is 20.8 Å². The summed E-state index contributed by atoms with van der Waals surface area (Å²) in [4.78, 5) is 0. The molecule has 0 aliphatic carbocycles. The van der Waals surface area contributed by atoms with Crippen LogP contribution in [0, 0.1) is 0 Å². The number of nitrogens with zero attached hydrogens (tertiary/aromatic N) is 2. The summed E-state index contributed by atoms with van der Waals surface area (Å²) in [6.45, 7) is 0.818. The number of azo groups is 1. The smallest absolute Gasteiger partial charge is 0.161 e. The summed E-state index contributed by atoms with van der Waals surface area (Å²) in [7, 11) is 3.27. The van der Waals surface area contributed by atoms with Crippen molar-refractivity contribution in [1.82, 2.24) is 0 Å². The van der Waals surface area contributed by atoms with Crippen LogP contribution >= 0.6 is 0 Å². The van der Waals surface area contributed by atoms with Gasteiger partial charge in [0.25, 0.3) is 0 Å². The molecule has 0 N–H and O–H groups in total. The van der Waals surface area contributed by atoms with Gasteiger partial charge < -0.3 is 9.47 Å². The van der Waals surface area contributed by atoms with E-state index in [4.69, 9.17) is 9.47 Å². The van der Waals surface area contributed by atoms with Gasteiger partial charge in [-0.05, 0) is 24.1 Å². The van der Waals surface area contributed by atoms with Crippen molar-refractivity contribution in [2.75, 3.05) is 20.8 Å². The first-order valence-corrected chi connectivity index (χ1v) is 4.93. The van der Waals surface area contributed by atoms with Gasteiger partial charge in [-0.3, -0.25) is 0 Å². The molecular formula is C11H14N2O2. The lowest BCUT2D eigenvalue weighted by molar-refractivity contribution is 0.354. The maximum absolute atomic E-state index is 5.24. The van der Waals surface area contributed by atoms with E-state index in [9.17, 15) is 0 Å². The molecule has 1 atom stereocenters. The van der Waals surface area contributed by atoms with Crippen molar-refractivity contribution in [3.05, 3.63) is 23.8 Å². The molecule has 1 aliphatic rings. The summed E-state index contributed by atoms with van der Waals surface area (Å²) in [5.41, 5.74) is 1.13. The minimum Gasteiger partial charge on any atom is -0.493 e. The molecule has 2 rings (SSSR count). The summed E-state index contributed by atoms with van der Waals surface area (Å²) >= 11 is 0. The van der Waals surface area contributed by atoms with Gasteiger partial charge in [0.1, 0.15) is 0 Å². The van der Waals surface area contributed by atoms with Gasteiger partial charge in [-0.15, -0.1) is 0 Å². The Balaban J connectivity index is 2.29. The highest BCUT2D eigenvalue weighted by Gasteiger charge is 2.16. The molecule has 1 unspecified atom stereocenters. The Kier molecular flexibility index (Phi) is 2.85. The number of methoxy groups -OCH3 is 2. The average molecular weight is 206 g/mol. The van der Waals surface area contributed by atoms with Gasteiger partial charge in [0.2, 0.25) is 0 Å². The minimum absolute atomic E-state index is 0.185. The number of ether oxygens (including phenoxy) is 2. The zero-order chi connectivity index (χ0) is 10.7. The van der Waals surface area contributed by atoms with Gasteiger partial charge in [0, 0.05) is 0 Å². The van der Waals surface area contributed by atoms with Crippen LogP contribution in [-0.2, 0) is 0 Å². The maximum Gasteiger partial charge on any atom is 0.161 e. The van der Waals surface area contributed by atoms with Crippen LogP contribution in [0.1, 0.15) is 18.0 Å². The fourth-order valence-corrected chi connectivity index (χ4v) is 1.69. The maximum atomic E-state index is 5.24. The van der Waals surface area contributed by atoms with Crippen LogP contribution in [0.4, 0.5) is 0 Å². The van der Waals surface area contributed by atoms with Crippen molar-refractivity contribution >= 4 is 0 Å². The van der Waals surface area contributed by atoms with E-state index in [1.807, 2.05) is 18.2 Å². The summed E-state index contributed by atoms with van der Waals surface area (Å²) in [6, 6.07) is 6.07. The Labute approximate surface area is 88.9 Å². The lowest BCUT2D eigenvalue weighted by atomic mass is 10.0. The Morgan fingerprint density at radius 2 is 2.00 bits per heavy atom. The second-order valence-corrected chi connectivity index (χ2v) is 3.40. The van der Waals surface area contributed by atoms with E-state index in [2.05, 4.69) is 10.2 Å². The first kappa shape index (κ1) is 9.96. The second kappa shape index (κ2) is 4.29. The number of hydrogen-bond donors (Lipinski definition) is 0. The summed E-state index contributed by atoms with van der Waals surface area (Å²) in [5.74, 6) is 1.49. The van der Waals surface area contributed by atoms with E-state index in [1.165, 1.54) is 0 Å². The van der Waals surface area contributed by atoms with Crippen LogP contribution in [0.25, 0.3) is 0 Å². The van der Waals surface area contributed by atoms with Crippen LogP contribution in [0.3, 0.4) is 0 Å². The Morgan fingerprint density at radius 3 is 2.60 bits per heavy atom. The van der Waals surface area contributed by atoms with Crippen molar-refractivity contribution in [2.24, 2.45) is 10.2 Å². The fourth-order valence-electron chi connectivity index (χ4n) is 1.69. The molecule has 4 nitrogen and oxygen atoms in total. The lowest BCUT2D eigenvalue weighted by Crippen LogP contribution is -1.95. The molecule has 0 amide bonds. The van der Waals surface area contributed by atoms with Crippen molar-refractivity contribution < 1.29 is 9.47 Å². The monoisotopic (exact) mass is 206 g/mol. The molecule has 0 spiro atoms. The normalized spacial score (nSPS) is 19.2. The zero-order valence-electron chi connectivity index (χ0n) is 8.93. The third-order valence-corrected chi connectivity index (χ3v) is 2.52. The van der Waals surface area contributed by atoms with Gasteiger partial charge in [0.15, 0.2) is 11.5 Å². The largest absolute Gasteiger partial charge is 0.493 e. The predicted octanol–water partition coefficient (Wildman–Crippen LogP) is 2.60. The highest BCUT2D eigenvalue weighted by Crippen LogP contribution is 2.33. The zero-order valence-corrected chi connectivity index (χ0v) is 8.93. The fraction of sp³-hybridized carbons (Fsp3) is 0.455. The molecule has 0 aromatic heterocycles. The first-order valence-electron chi connectivity index (χ1n) is 4.93. The molecule has 0 radical (unpaired) electrons. The first-order chi connectivity index (χ1) is 7.35. The summed E-state index contributed by atoms with van der Waals surface area (Å²) in [6.07, 6.45) is 0.982. The average Bonchev–Trinajstić information content (AvgIpc) is 2.81. The lowest BCUT2D eigenvalue weighted by Gasteiger charge is -2.11. The standard InChI is InChI=1S/C11H14N2O2/c1-14-10-4-3-8(7-11(10)15-2)9-5-6-12-13-9/h3-4,7,9H,5-6H2,1-2H3. The van der Waals surface area contributed by atoms with E-state index in [-0.39, 0.29) is 6.04 Å². The van der Waals surface area contributed by atoms with Gasteiger partial charge in [-0.25, -0.2) is 0 Å². The Bertz CT molecular complexity index is 377. The minimum atomic E-state index is 0.185. The van der Waals surface area contributed by atoms with Crippen LogP contribution in [0.15, 0.2) is 28.4 Å². The molecule has 15 heavy (non-hydrogen) atoms. The third kappa shape index (κ3) is 1.93. The summed E-state index contributed by atoms with van der Waals surface area (Å²) in [5, 5.41) is 8.16. The Morgan fingerprint density at radius 1 is 1.20 bits per heavy atom. The van der Waals surface area contributed by atoms with Crippen LogP contribution in [0.5, 0.6) is 11.5 Å². The van der Waals surface area contributed by atoms with Crippen molar-refractivity contribution in [3.63, 3.8) is 0 Å². The molecule has 1 aromatic rings. The molecule has 80 valence electrons. The third-order valence-electron chi connectivity index (χ3n) is 2.52. The number of rotatable bonds is 3. The molecule has 0 fully saturated rings. The highest BCUT2D eigenvalue weighted by atomic mass is 16.5. The Hall–Kier alpha value is -1.58. The number of hydrogen-bond acceptors (Lipinski definition) is 4. The highest BCUT2D eigenvalue weighted by molar-refractivity contribution is 5.43. The molecule has 1 heterocycles. The molecular weight excluding hydrogens is 192 g/mol. The SMILES string of the molecule is COc1ccc(C2CCN=N2)cc1OC. The van der Waals surface area contributed by atoms with Crippen LogP contribution in [0.2, 0.25) is 0 Å². The van der Waals surface area contributed by atoms with Crippen molar-refractivity contribution in [2.45, 2.75) is 12.5 Å². The van der Waals surface area contributed by atoms with Gasteiger partial charge in [-0.1, -0.05) is 6.07 Å². The quantitative estimate of drug-likeness (QED) is 0.762. The second-order valence-electron chi connectivity index (χ2n) is 3.40. The molecule has 1 aliphatic heterocycles. The molecule has 4 heteroatoms. The topological polar surface area (TPSA) is 43.2 Å². The van der Waals surface area contributed by atoms with E-state index in [0.29, 0.717) is 0 Å². The van der Waals surface area contributed by atoms with Gasteiger partial charge >= 0.3 is 0 Å². The van der Waals surface area contributed by atoms with E-state index >= 15 is 0 Å². The van der Waals surface area contributed by atoms with Crippen molar-refractivity contribution in [3.8, 4) is 11.5 Å². The number of benzene rings is 1. The molecule has 0 saturated carbocycles. The molecule has 1 aromatic carbocycles. The van der Waals surface area contributed by atoms with Gasteiger partial charge in [-0.2, -0.15) is 10.2 Å². The van der Waals surface area contributed by atoms with E-state index < -0.39 is 0 Å². The van der Waals surface area contributed by atoms with E-state index in [0.717, 1.165) is 30.0 Å². The van der Waals surface area contributed by atoms with Crippen LogP contribution < -0.4 is 9.47 Å².